The Hall–Kier alpha value is -3.51. The van der Waals surface area contributed by atoms with Crippen molar-refractivity contribution < 1.29 is 23.8 Å². The molecule has 0 aromatic heterocycles. The Kier molecular flexibility index (Phi) is 5.86. The molecular formula is C23H18ClNO5. The Bertz CT molecular complexity index is 1070. The number of benzene rings is 3. The van der Waals surface area contributed by atoms with Crippen LogP contribution in [0, 0.1) is 0 Å². The number of rotatable bonds is 5. The maximum atomic E-state index is 12.3. The summed E-state index contributed by atoms with van der Waals surface area (Å²) in [4.78, 5) is 24.5. The Balaban J connectivity index is 1.36. The molecule has 0 unspecified atom stereocenters. The van der Waals surface area contributed by atoms with Crippen LogP contribution in [0.5, 0.6) is 17.2 Å². The number of amides is 1. The molecule has 30 heavy (non-hydrogen) atoms. The summed E-state index contributed by atoms with van der Waals surface area (Å²) in [6, 6.07) is 18.9. The van der Waals surface area contributed by atoms with Gasteiger partial charge in [0.15, 0.2) is 11.5 Å². The van der Waals surface area contributed by atoms with Gasteiger partial charge >= 0.3 is 5.97 Å². The fourth-order valence-corrected chi connectivity index (χ4v) is 3.29. The number of fused-ring (bicyclic) bond motifs is 1. The molecule has 1 amide bonds. The third kappa shape index (κ3) is 4.72. The van der Waals surface area contributed by atoms with Gasteiger partial charge in [0.05, 0.1) is 11.4 Å². The lowest BCUT2D eigenvalue weighted by atomic mass is 10.1. The zero-order valence-corrected chi connectivity index (χ0v) is 16.6. The highest BCUT2D eigenvalue weighted by Gasteiger charge is 2.18. The summed E-state index contributed by atoms with van der Waals surface area (Å²) in [6.07, 6.45) is 0.0306. The third-order valence-electron chi connectivity index (χ3n) is 4.38. The van der Waals surface area contributed by atoms with E-state index in [1.807, 2.05) is 6.07 Å². The van der Waals surface area contributed by atoms with Gasteiger partial charge in [0.2, 0.25) is 0 Å². The van der Waals surface area contributed by atoms with Crippen molar-refractivity contribution in [1.29, 1.82) is 0 Å². The summed E-state index contributed by atoms with van der Waals surface area (Å²) in [5.41, 5.74) is 1.83. The molecule has 1 aliphatic rings. The molecule has 7 heteroatoms. The number of esters is 1. The Morgan fingerprint density at radius 2 is 1.70 bits per heavy atom. The first-order valence-corrected chi connectivity index (χ1v) is 9.71. The van der Waals surface area contributed by atoms with Crippen LogP contribution in [0.3, 0.4) is 0 Å². The molecule has 4 rings (SSSR count). The Morgan fingerprint density at radius 1 is 0.967 bits per heavy atom. The minimum atomic E-state index is -0.441. The van der Waals surface area contributed by atoms with Gasteiger partial charge in [-0.1, -0.05) is 29.8 Å². The summed E-state index contributed by atoms with van der Waals surface area (Å²) in [7, 11) is 0. The lowest BCUT2D eigenvalue weighted by Crippen LogP contribution is -2.17. The molecule has 0 saturated carbocycles. The first-order chi connectivity index (χ1) is 14.6. The van der Waals surface area contributed by atoms with Gasteiger partial charge in [-0.05, 0) is 54.1 Å². The molecule has 1 heterocycles. The number of hydrogen-bond donors (Lipinski definition) is 1. The van der Waals surface area contributed by atoms with E-state index in [2.05, 4.69) is 5.32 Å². The highest BCUT2D eigenvalue weighted by atomic mass is 35.5. The van der Waals surface area contributed by atoms with Gasteiger partial charge in [-0.25, -0.2) is 0 Å². The lowest BCUT2D eigenvalue weighted by molar-refractivity contribution is -0.133. The van der Waals surface area contributed by atoms with E-state index < -0.39 is 5.97 Å². The molecule has 0 radical (unpaired) electrons. The summed E-state index contributed by atoms with van der Waals surface area (Å²) in [5, 5.41) is 3.19. The van der Waals surface area contributed by atoms with Gasteiger partial charge in [0.1, 0.15) is 19.0 Å². The molecule has 0 bridgehead atoms. The third-order valence-corrected chi connectivity index (χ3v) is 4.67. The van der Waals surface area contributed by atoms with Gasteiger partial charge in [-0.2, -0.15) is 0 Å². The van der Waals surface area contributed by atoms with Crippen molar-refractivity contribution in [3.05, 3.63) is 82.9 Å². The average Bonchev–Trinajstić information content (AvgIpc) is 2.76. The maximum Gasteiger partial charge on any atom is 0.315 e. The quantitative estimate of drug-likeness (QED) is 0.482. The molecule has 0 saturated heterocycles. The topological polar surface area (TPSA) is 73.9 Å². The summed E-state index contributed by atoms with van der Waals surface area (Å²) in [5.74, 6) is 0.740. The van der Waals surface area contributed by atoms with Crippen LogP contribution < -0.4 is 19.5 Å². The summed E-state index contributed by atoms with van der Waals surface area (Å²) >= 11 is 6.20. The van der Waals surface area contributed by atoms with E-state index in [4.69, 9.17) is 25.8 Å². The van der Waals surface area contributed by atoms with Gasteiger partial charge in [0.25, 0.3) is 5.91 Å². The van der Waals surface area contributed by atoms with E-state index in [0.717, 1.165) is 0 Å². The largest absolute Gasteiger partial charge is 0.486 e. The van der Waals surface area contributed by atoms with Crippen LogP contribution in [0.4, 0.5) is 5.69 Å². The van der Waals surface area contributed by atoms with Gasteiger partial charge < -0.3 is 19.5 Å². The van der Waals surface area contributed by atoms with Crippen LogP contribution in [0.1, 0.15) is 15.9 Å². The monoisotopic (exact) mass is 423 g/mol. The van der Waals surface area contributed by atoms with Crippen LogP contribution in [-0.2, 0) is 11.2 Å². The number of anilines is 1. The molecule has 0 spiro atoms. The second-order valence-electron chi connectivity index (χ2n) is 6.60. The normalized spacial score (nSPS) is 12.2. The van der Waals surface area contributed by atoms with Gasteiger partial charge in [0, 0.05) is 11.3 Å². The van der Waals surface area contributed by atoms with E-state index in [1.165, 1.54) is 0 Å². The molecule has 0 aliphatic carbocycles. The second kappa shape index (κ2) is 8.88. The van der Waals surface area contributed by atoms with E-state index in [-0.39, 0.29) is 12.3 Å². The molecule has 152 valence electrons. The van der Waals surface area contributed by atoms with Crippen molar-refractivity contribution in [2.45, 2.75) is 6.42 Å². The highest BCUT2D eigenvalue weighted by Crippen LogP contribution is 2.38. The second-order valence-corrected chi connectivity index (χ2v) is 7.00. The van der Waals surface area contributed by atoms with Crippen LogP contribution in [0.25, 0.3) is 0 Å². The SMILES string of the molecule is O=C(Cc1cc(Cl)c2c(c1)OCCO2)Oc1ccc(NC(=O)c2ccccc2)cc1. The molecule has 0 fully saturated rings. The van der Waals surface area contributed by atoms with Crippen LogP contribution in [0.2, 0.25) is 5.02 Å². The predicted octanol–water partition coefficient (Wildman–Crippen LogP) is 4.51. The van der Waals surface area contributed by atoms with Crippen molar-refractivity contribution in [2.75, 3.05) is 18.5 Å². The van der Waals surface area contributed by atoms with E-state index in [0.29, 0.717) is 52.3 Å². The Labute approximate surface area is 178 Å². The van der Waals surface area contributed by atoms with Crippen molar-refractivity contribution >= 4 is 29.2 Å². The van der Waals surface area contributed by atoms with Gasteiger partial charge in [-0.3, -0.25) is 9.59 Å². The smallest absolute Gasteiger partial charge is 0.315 e. The predicted molar refractivity (Wildman–Crippen MR) is 113 cm³/mol. The van der Waals surface area contributed by atoms with Crippen molar-refractivity contribution in [2.24, 2.45) is 0 Å². The first-order valence-electron chi connectivity index (χ1n) is 9.33. The minimum Gasteiger partial charge on any atom is -0.486 e. The fourth-order valence-electron chi connectivity index (χ4n) is 3.00. The average molecular weight is 424 g/mol. The van der Waals surface area contributed by atoms with E-state index in [9.17, 15) is 9.59 Å². The Morgan fingerprint density at radius 3 is 2.47 bits per heavy atom. The zero-order chi connectivity index (χ0) is 20.9. The van der Waals surface area contributed by atoms with Crippen molar-refractivity contribution in [3.8, 4) is 17.2 Å². The van der Waals surface area contributed by atoms with Crippen molar-refractivity contribution in [3.63, 3.8) is 0 Å². The summed E-state index contributed by atoms with van der Waals surface area (Å²) in [6.45, 7) is 0.875. The number of nitrogens with one attached hydrogen (secondary N) is 1. The lowest BCUT2D eigenvalue weighted by Gasteiger charge is -2.20. The number of hydrogen-bond acceptors (Lipinski definition) is 5. The van der Waals surface area contributed by atoms with E-state index >= 15 is 0 Å². The van der Waals surface area contributed by atoms with Gasteiger partial charge in [-0.15, -0.1) is 0 Å². The zero-order valence-electron chi connectivity index (χ0n) is 15.9. The van der Waals surface area contributed by atoms with Crippen LogP contribution in [0.15, 0.2) is 66.7 Å². The molecule has 1 aliphatic heterocycles. The molecule has 3 aromatic rings. The molecule has 3 aromatic carbocycles. The highest BCUT2D eigenvalue weighted by molar-refractivity contribution is 6.32. The van der Waals surface area contributed by atoms with E-state index in [1.54, 1.807) is 60.7 Å². The minimum absolute atomic E-state index is 0.0306. The maximum absolute atomic E-state index is 12.3. The fraction of sp³-hybridized carbons (Fsp3) is 0.130. The first kappa shape index (κ1) is 19.8. The molecule has 0 atom stereocenters. The summed E-state index contributed by atoms with van der Waals surface area (Å²) < 4.78 is 16.4. The molecule has 1 N–H and O–H groups in total. The van der Waals surface area contributed by atoms with Crippen molar-refractivity contribution in [1.82, 2.24) is 0 Å². The number of carbonyl (C=O) groups is 2. The van der Waals surface area contributed by atoms with Crippen LogP contribution >= 0.6 is 11.6 Å². The number of halogens is 1. The number of ether oxygens (including phenoxy) is 3. The molecule has 6 nitrogen and oxygen atoms in total. The number of carbonyl (C=O) groups excluding carboxylic acids is 2. The van der Waals surface area contributed by atoms with Crippen LogP contribution in [-0.4, -0.2) is 25.1 Å². The molecular weight excluding hydrogens is 406 g/mol. The standard InChI is InChI=1S/C23H18ClNO5/c24-19-12-15(13-20-22(19)29-11-10-28-20)14-21(26)30-18-8-6-17(7-9-18)25-23(27)16-4-2-1-3-5-16/h1-9,12-13H,10-11,14H2,(H,25,27).